The minimum absolute atomic E-state index is 0.0188. The van der Waals surface area contributed by atoms with Gasteiger partial charge in [0.1, 0.15) is 5.82 Å². The molecule has 0 aromatic heterocycles. The van der Waals surface area contributed by atoms with Crippen LogP contribution in [-0.4, -0.2) is 44.9 Å². The average molecular weight is 392 g/mol. The number of rotatable bonds is 5. The predicted octanol–water partition coefficient (Wildman–Crippen LogP) is 2.09. The van der Waals surface area contributed by atoms with E-state index in [1.165, 1.54) is 16.4 Å². The normalized spacial score (nSPS) is 15.5. The fraction of sp³-hybridized carbons (Fsp3) is 0.316. The van der Waals surface area contributed by atoms with E-state index in [1.54, 1.807) is 37.3 Å². The average Bonchev–Trinajstić information content (AvgIpc) is 2.68. The third-order valence-electron chi connectivity index (χ3n) is 4.44. The Balaban J connectivity index is 1.80. The molecule has 1 amide bonds. The summed E-state index contributed by atoms with van der Waals surface area (Å²) < 4.78 is 46.0. The summed E-state index contributed by atoms with van der Waals surface area (Å²) in [6.07, 6.45) is 0. The zero-order chi connectivity index (χ0) is 19.4. The van der Waals surface area contributed by atoms with Crippen LogP contribution in [0.3, 0.4) is 0 Å². The first-order valence-electron chi connectivity index (χ1n) is 8.60. The van der Waals surface area contributed by atoms with Crippen molar-refractivity contribution in [3.63, 3.8) is 0 Å². The molecular weight excluding hydrogens is 371 g/mol. The van der Waals surface area contributed by atoms with Crippen molar-refractivity contribution in [1.29, 1.82) is 0 Å². The van der Waals surface area contributed by atoms with E-state index in [4.69, 9.17) is 4.74 Å². The molecule has 1 heterocycles. The first-order chi connectivity index (χ1) is 12.9. The number of carbonyl (C=O) groups excluding carboxylic acids is 1. The number of amides is 1. The molecule has 1 N–H and O–H groups in total. The van der Waals surface area contributed by atoms with E-state index in [-0.39, 0.29) is 30.1 Å². The monoisotopic (exact) mass is 392 g/mol. The second-order valence-corrected chi connectivity index (χ2v) is 8.18. The fourth-order valence-electron chi connectivity index (χ4n) is 2.86. The Morgan fingerprint density at radius 3 is 2.59 bits per heavy atom. The van der Waals surface area contributed by atoms with Crippen molar-refractivity contribution in [2.75, 3.05) is 26.3 Å². The number of nitrogens with zero attached hydrogens (tertiary/aromatic N) is 1. The highest BCUT2D eigenvalue weighted by atomic mass is 32.2. The molecule has 0 unspecified atom stereocenters. The van der Waals surface area contributed by atoms with E-state index in [9.17, 15) is 17.6 Å². The van der Waals surface area contributed by atoms with Gasteiger partial charge in [-0.2, -0.15) is 4.31 Å². The van der Waals surface area contributed by atoms with Gasteiger partial charge in [0.2, 0.25) is 10.0 Å². The summed E-state index contributed by atoms with van der Waals surface area (Å²) in [5, 5.41) is 2.63. The number of carbonyl (C=O) groups is 1. The minimum Gasteiger partial charge on any atom is -0.379 e. The van der Waals surface area contributed by atoms with Crippen LogP contribution in [0.15, 0.2) is 47.4 Å². The lowest BCUT2D eigenvalue weighted by molar-refractivity contribution is 0.0730. The lowest BCUT2D eigenvalue weighted by Gasteiger charge is -2.26. The summed E-state index contributed by atoms with van der Waals surface area (Å²) in [4.78, 5) is 12.5. The van der Waals surface area contributed by atoms with Crippen LogP contribution in [0, 0.1) is 12.7 Å². The van der Waals surface area contributed by atoms with E-state index in [1.807, 2.05) is 0 Å². The molecule has 0 atom stereocenters. The van der Waals surface area contributed by atoms with Crippen molar-refractivity contribution < 1.29 is 22.3 Å². The summed E-state index contributed by atoms with van der Waals surface area (Å²) in [7, 11) is -3.71. The summed E-state index contributed by atoms with van der Waals surface area (Å²) in [6.45, 7) is 2.97. The molecule has 0 spiro atoms. The number of aryl methyl sites for hydroxylation is 1. The highest BCUT2D eigenvalue weighted by molar-refractivity contribution is 7.89. The van der Waals surface area contributed by atoms with Crippen LogP contribution in [0.2, 0.25) is 0 Å². The quantitative estimate of drug-likeness (QED) is 0.845. The topological polar surface area (TPSA) is 75.7 Å². The smallest absolute Gasteiger partial charge is 0.251 e. The van der Waals surface area contributed by atoms with E-state index in [0.29, 0.717) is 24.3 Å². The molecule has 1 fully saturated rings. The molecule has 6 nitrogen and oxygen atoms in total. The molecule has 0 aliphatic carbocycles. The lowest BCUT2D eigenvalue weighted by Crippen LogP contribution is -2.41. The van der Waals surface area contributed by atoms with Crippen LogP contribution in [0.25, 0.3) is 0 Å². The Bertz CT molecular complexity index is 940. The standard InChI is InChI=1S/C19H21FN2O4S/c1-14-6-7-15(19(23)21-13-16-4-2-3-5-17(16)20)12-18(14)27(24,25)22-8-10-26-11-9-22/h2-7,12H,8-11,13H2,1H3,(H,21,23). The number of morpholine rings is 1. The van der Waals surface area contributed by atoms with Crippen molar-refractivity contribution in [3.8, 4) is 0 Å². The third kappa shape index (κ3) is 4.35. The molecule has 144 valence electrons. The minimum atomic E-state index is -3.71. The SMILES string of the molecule is Cc1ccc(C(=O)NCc2ccccc2F)cc1S(=O)(=O)N1CCOCC1. The van der Waals surface area contributed by atoms with Gasteiger partial charge in [-0.05, 0) is 30.7 Å². The van der Waals surface area contributed by atoms with Crippen LogP contribution in [0.4, 0.5) is 4.39 Å². The maximum Gasteiger partial charge on any atom is 0.251 e. The Labute approximate surface area is 158 Å². The van der Waals surface area contributed by atoms with Crippen molar-refractivity contribution in [3.05, 3.63) is 65.0 Å². The second kappa shape index (κ2) is 8.16. The number of hydrogen-bond acceptors (Lipinski definition) is 4. The maximum atomic E-state index is 13.7. The first kappa shape index (κ1) is 19.5. The van der Waals surface area contributed by atoms with Crippen LogP contribution < -0.4 is 5.32 Å². The molecule has 1 aliphatic rings. The predicted molar refractivity (Wildman–Crippen MR) is 98.3 cm³/mol. The van der Waals surface area contributed by atoms with Crippen molar-refractivity contribution in [1.82, 2.24) is 9.62 Å². The summed E-state index contributed by atoms with van der Waals surface area (Å²) >= 11 is 0. The van der Waals surface area contributed by atoms with Gasteiger partial charge in [-0.25, -0.2) is 12.8 Å². The fourth-order valence-corrected chi connectivity index (χ4v) is 4.52. The second-order valence-electron chi connectivity index (χ2n) is 6.27. The number of nitrogens with one attached hydrogen (secondary N) is 1. The summed E-state index contributed by atoms with van der Waals surface area (Å²) in [5.41, 5.74) is 1.13. The van der Waals surface area contributed by atoms with E-state index < -0.39 is 21.7 Å². The van der Waals surface area contributed by atoms with Crippen molar-refractivity contribution in [2.45, 2.75) is 18.4 Å². The van der Waals surface area contributed by atoms with Crippen molar-refractivity contribution in [2.24, 2.45) is 0 Å². The maximum absolute atomic E-state index is 13.7. The van der Waals surface area contributed by atoms with Gasteiger partial charge >= 0.3 is 0 Å². The molecule has 1 saturated heterocycles. The van der Waals surface area contributed by atoms with Crippen LogP contribution >= 0.6 is 0 Å². The van der Waals surface area contributed by atoms with Gasteiger partial charge in [0.15, 0.2) is 0 Å². The van der Waals surface area contributed by atoms with Gasteiger partial charge in [0.25, 0.3) is 5.91 Å². The van der Waals surface area contributed by atoms with Gasteiger partial charge in [-0.1, -0.05) is 24.3 Å². The van der Waals surface area contributed by atoms with Crippen molar-refractivity contribution >= 4 is 15.9 Å². The first-order valence-corrected chi connectivity index (χ1v) is 10.0. The van der Waals surface area contributed by atoms with Gasteiger partial charge in [-0.15, -0.1) is 0 Å². The molecule has 2 aromatic carbocycles. The number of benzene rings is 2. The Morgan fingerprint density at radius 2 is 1.89 bits per heavy atom. The van der Waals surface area contributed by atoms with Gasteiger partial charge in [0, 0.05) is 30.8 Å². The number of ether oxygens (including phenoxy) is 1. The summed E-state index contributed by atoms with van der Waals surface area (Å²) in [6, 6.07) is 10.7. The Kier molecular flexibility index (Phi) is 5.88. The van der Waals surface area contributed by atoms with Crippen LogP contribution in [0.1, 0.15) is 21.5 Å². The van der Waals surface area contributed by atoms with Gasteiger partial charge < -0.3 is 10.1 Å². The number of halogens is 1. The molecule has 27 heavy (non-hydrogen) atoms. The molecular formula is C19H21FN2O4S. The summed E-state index contributed by atoms with van der Waals surface area (Å²) in [5.74, 6) is -0.867. The lowest BCUT2D eigenvalue weighted by atomic mass is 10.1. The highest BCUT2D eigenvalue weighted by Crippen LogP contribution is 2.22. The van der Waals surface area contributed by atoms with Crippen LogP contribution in [0.5, 0.6) is 0 Å². The Morgan fingerprint density at radius 1 is 1.19 bits per heavy atom. The molecule has 0 radical (unpaired) electrons. The molecule has 8 heteroatoms. The third-order valence-corrected chi connectivity index (χ3v) is 6.48. The molecule has 0 saturated carbocycles. The number of hydrogen-bond donors (Lipinski definition) is 1. The van der Waals surface area contributed by atoms with Gasteiger partial charge in [0.05, 0.1) is 18.1 Å². The van der Waals surface area contributed by atoms with Crippen LogP contribution in [-0.2, 0) is 21.3 Å². The number of sulfonamides is 1. The molecule has 1 aliphatic heterocycles. The zero-order valence-electron chi connectivity index (χ0n) is 14.9. The molecule has 3 rings (SSSR count). The largest absolute Gasteiger partial charge is 0.379 e. The molecule has 0 bridgehead atoms. The zero-order valence-corrected chi connectivity index (χ0v) is 15.8. The van der Waals surface area contributed by atoms with Gasteiger partial charge in [-0.3, -0.25) is 4.79 Å². The van der Waals surface area contributed by atoms with E-state index in [2.05, 4.69) is 5.32 Å². The molecule has 2 aromatic rings. The Hall–Kier alpha value is -2.29. The highest BCUT2D eigenvalue weighted by Gasteiger charge is 2.28. The van der Waals surface area contributed by atoms with E-state index >= 15 is 0 Å². The van der Waals surface area contributed by atoms with E-state index in [0.717, 1.165) is 0 Å².